The molecular formula is C25H23NO2. The Morgan fingerprint density at radius 2 is 1.29 bits per heavy atom. The maximum Gasteiger partial charge on any atom is 0.127 e. The van der Waals surface area contributed by atoms with Crippen LogP contribution in [0.2, 0.25) is 0 Å². The highest BCUT2D eigenvalue weighted by molar-refractivity contribution is 5.27. The lowest BCUT2D eigenvalue weighted by molar-refractivity contribution is -0.200. The molecule has 1 aromatic heterocycles. The Morgan fingerprint density at radius 1 is 0.679 bits per heavy atom. The second-order valence-electron chi connectivity index (χ2n) is 6.65. The number of hydroxylamine groups is 2. The predicted molar refractivity (Wildman–Crippen MR) is 110 cm³/mol. The van der Waals surface area contributed by atoms with E-state index in [9.17, 15) is 0 Å². The molecule has 0 aliphatic rings. The molecule has 0 aliphatic carbocycles. The lowest BCUT2D eigenvalue weighted by atomic mass is 10.0. The quantitative estimate of drug-likeness (QED) is 0.356. The fraction of sp³-hybridized carbons (Fsp3) is 0.120. The van der Waals surface area contributed by atoms with Crippen LogP contribution in [0.15, 0.2) is 114 Å². The van der Waals surface area contributed by atoms with Crippen molar-refractivity contribution in [2.45, 2.75) is 19.2 Å². The normalized spacial score (nSPS) is 12.2. The summed E-state index contributed by atoms with van der Waals surface area (Å²) in [6.07, 6.45) is 1.71. The second kappa shape index (κ2) is 9.18. The number of hydrogen-bond acceptors (Lipinski definition) is 3. The molecule has 0 spiro atoms. The van der Waals surface area contributed by atoms with Gasteiger partial charge in [0, 0.05) is 0 Å². The van der Waals surface area contributed by atoms with Crippen molar-refractivity contribution >= 4 is 0 Å². The average Bonchev–Trinajstić information content (AvgIpc) is 3.29. The molecule has 3 nitrogen and oxygen atoms in total. The molecule has 4 aromatic rings. The summed E-state index contributed by atoms with van der Waals surface area (Å²) in [5.74, 6) is 0.857. The minimum atomic E-state index is -0.139. The van der Waals surface area contributed by atoms with Gasteiger partial charge < -0.3 is 4.42 Å². The minimum Gasteiger partial charge on any atom is -0.467 e. The van der Waals surface area contributed by atoms with Gasteiger partial charge in [0.25, 0.3) is 0 Å². The smallest absolute Gasteiger partial charge is 0.127 e. The first-order valence-corrected chi connectivity index (χ1v) is 9.46. The highest BCUT2D eigenvalue weighted by atomic mass is 16.7. The molecule has 3 aromatic carbocycles. The van der Waals surface area contributed by atoms with Crippen LogP contribution in [-0.4, -0.2) is 5.06 Å². The van der Waals surface area contributed by atoms with Crippen molar-refractivity contribution in [3.8, 4) is 0 Å². The van der Waals surface area contributed by atoms with Crippen LogP contribution in [0.5, 0.6) is 0 Å². The molecule has 0 saturated heterocycles. The van der Waals surface area contributed by atoms with E-state index in [1.165, 1.54) is 5.56 Å². The third kappa shape index (κ3) is 4.58. The van der Waals surface area contributed by atoms with E-state index in [0.29, 0.717) is 13.2 Å². The van der Waals surface area contributed by atoms with Crippen LogP contribution in [0.1, 0.15) is 28.5 Å². The van der Waals surface area contributed by atoms with E-state index in [0.717, 1.165) is 16.9 Å². The Bertz CT molecular complexity index is 938. The van der Waals surface area contributed by atoms with E-state index in [4.69, 9.17) is 9.25 Å². The standard InChI is InChI=1S/C25H23NO2/c1-4-11-21(12-5-1)19-26(28-20-22-13-6-2-7-14-22)25(24-17-10-18-27-24)23-15-8-3-9-16-23/h1-18,25H,19-20H2. The highest BCUT2D eigenvalue weighted by Gasteiger charge is 2.26. The maximum absolute atomic E-state index is 6.35. The van der Waals surface area contributed by atoms with Gasteiger partial charge in [-0.3, -0.25) is 4.84 Å². The predicted octanol–water partition coefficient (Wildman–Crippen LogP) is 6.00. The summed E-state index contributed by atoms with van der Waals surface area (Å²) in [5, 5.41) is 2.01. The molecule has 0 fully saturated rings. The van der Waals surface area contributed by atoms with E-state index in [1.54, 1.807) is 6.26 Å². The molecule has 28 heavy (non-hydrogen) atoms. The molecule has 1 atom stereocenters. The van der Waals surface area contributed by atoms with Crippen LogP contribution in [0.4, 0.5) is 0 Å². The molecule has 0 aliphatic heterocycles. The summed E-state index contributed by atoms with van der Waals surface area (Å²) in [4.78, 5) is 6.35. The molecule has 140 valence electrons. The van der Waals surface area contributed by atoms with E-state index < -0.39 is 0 Å². The summed E-state index contributed by atoms with van der Waals surface area (Å²) in [6.45, 7) is 1.14. The number of rotatable bonds is 8. The van der Waals surface area contributed by atoms with Gasteiger partial charge in [0.1, 0.15) is 11.8 Å². The van der Waals surface area contributed by atoms with E-state index in [2.05, 4.69) is 48.5 Å². The van der Waals surface area contributed by atoms with Crippen molar-refractivity contribution in [2.75, 3.05) is 0 Å². The maximum atomic E-state index is 6.35. The first kappa shape index (κ1) is 18.2. The first-order valence-electron chi connectivity index (χ1n) is 9.46. The van der Waals surface area contributed by atoms with Crippen molar-refractivity contribution in [3.05, 3.63) is 132 Å². The van der Waals surface area contributed by atoms with Gasteiger partial charge in [-0.15, -0.1) is 0 Å². The number of hydrogen-bond donors (Lipinski definition) is 0. The molecule has 0 amide bonds. The lowest BCUT2D eigenvalue weighted by Crippen LogP contribution is -2.29. The van der Waals surface area contributed by atoms with Gasteiger partial charge in [-0.2, -0.15) is 5.06 Å². The van der Waals surface area contributed by atoms with E-state index in [-0.39, 0.29) is 6.04 Å². The van der Waals surface area contributed by atoms with Crippen LogP contribution >= 0.6 is 0 Å². The molecule has 1 heterocycles. The Morgan fingerprint density at radius 3 is 1.89 bits per heavy atom. The zero-order valence-corrected chi connectivity index (χ0v) is 15.6. The number of benzene rings is 3. The Kier molecular flexibility index (Phi) is 5.98. The highest BCUT2D eigenvalue weighted by Crippen LogP contribution is 2.31. The van der Waals surface area contributed by atoms with Gasteiger partial charge in [0.2, 0.25) is 0 Å². The molecule has 0 saturated carbocycles. The van der Waals surface area contributed by atoms with Crippen molar-refractivity contribution in [2.24, 2.45) is 0 Å². The van der Waals surface area contributed by atoms with Crippen LogP contribution in [0.25, 0.3) is 0 Å². The molecule has 4 rings (SSSR count). The van der Waals surface area contributed by atoms with E-state index >= 15 is 0 Å². The zero-order valence-electron chi connectivity index (χ0n) is 15.6. The minimum absolute atomic E-state index is 0.139. The van der Waals surface area contributed by atoms with Crippen LogP contribution < -0.4 is 0 Å². The van der Waals surface area contributed by atoms with Gasteiger partial charge in [-0.25, -0.2) is 0 Å². The molecule has 1 unspecified atom stereocenters. The van der Waals surface area contributed by atoms with Gasteiger partial charge in [0.15, 0.2) is 0 Å². The largest absolute Gasteiger partial charge is 0.467 e. The van der Waals surface area contributed by atoms with Crippen molar-refractivity contribution in [1.82, 2.24) is 5.06 Å². The third-order valence-electron chi connectivity index (χ3n) is 4.64. The number of nitrogens with zero attached hydrogens (tertiary/aromatic N) is 1. The van der Waals surface area contributed by atoms with Crippen LogP contribution in [0.3, 0.4) is 0 Å². The summed E-state index contributed by atoms with van der Waals surface area (Å²) in [5.41, 5.74) is 3.44. The van der Waals surface area contributed by atoms with Gasteiger partial charge in [-0.1, -0.05) is 91.0 Å². The monoisotopic (exact) mass is 369 g/mol. The summed E-state index contributed by atoms with van der Waals surface area (Å²) < 4.78 is 5.80. The topological polar surface area (TPSA) is 25.6 Å². The third-order valence-corrected chi connectivity index (χ3v) is 4.64. The second-order valence-corrected chi connectivity index (χ2v) is 6.65. The van der Waals surface area contributed by atoms with Crippen molar-refractivity contribution in [3.63, 3.8) is 0 Å². The summed E-state index contributed by atoms with van der Waals surface area (Å²) in [7, 11) is 0. The van der Waals surface area contributed by atoms with Gasteiger partial charge >= 0.3 is 0 Å². The van der Waals surface area contributed by atoms with Crippen molar-refractivity contribution in [1.29, 1.82) is 0 Å². The first-order chi connectivity index (χ1) is 13.9. The molecule has 0 radical (unpaired) electrons. The van der Waals surface area contributed by atoms with Crippen LogP contribution in [-0.2, 0) is 18.0 Å². The van der Waals surface area contributed by atoms with Gasteiger partial charge in [0.05, 0.1) is 19.4 Å². The van der Waals surface area contributed by atoms with Crippen LogP contribution in [0, 0.1) is 0 Å². The van der Waals surface area contributed by atoms with Gasteiger partial charge in [-0.05, 0) is 28.8 Å². The fourth-order valence-corrected chi connectivity index (χ4v) is 3.26. The molecule has 0 N–H and O–H groups in total. The number of furan rings is 1. The molecule has 3 heteroatoms. The summed E-state index contributed by atoms with van der Waals surface area (Å²) in [6, 6.07) is 34.7. The summed E-state index contributed by atoms with van der Waals surface area (Å²) >= 11 is 0. The Balaban J connectivity index is 1.66. The fourth-order valence-electron chi connectivity index (χ4n) is 3.26. The molecular weight excluding hydrogens is 346 g/mol. The molecule has 0 bridgehead atoms. The lowest BCUT2D eigenvalue weighted by Gasteiger charge is -2.30. The zero-order chi connectivity index (χ0) is 19.0. The Hall–Kier alpha value is -3.14. The van der Waals surface area contributed by atoms with E-state index in [1.807, 2.05) is 59.7 Å². The SMILES string of the molecule is c1ccc(CON(Cc2ccccc2)C(c2ccccc2)c2ccco2)cc1. The Labute approximate surface area is 165 Å². The average molecular weight is 369 g/mol. The van der Waals surface area contributed by atoms with Crippen molar-refractivity contribution < 1.29 is 9.25 Å².